The van der Waals surface area contributed by atoms with E-state index in [1.807, 2.05) is 0 Å². The Morgan fingerprint density at radius 3 is 1.91 bits per heavy atom. The molecule has 0 nitrogen and oxygen atoms in total. The predicted molar refractivity (Wildman–Crippen MR) is 50.6 cm³/mol. The zero-order valence-corrected chi connectivity index (χ0v) is 8.32. The summed E-state index contributed by atoms with van der Waals surface area (Å²) in [6.45, 7) is 6.99. The summed E-state index contributed by atoms with van der Waals surface area (Å²) in [6.07, 6.45) is 8.69. The summed E-state index contributed by atoms with van der Waals surface area (Å²) < 4.78 is 0. The maximum absolute atomic E-state index is 2.34. The van der Waals surface area contributed by atoms with Crippen molar-refractivity contribution in [1.82, 2.24) is 0 Å². The van der Waals surface area contributed by atoms with Crippen LogP contribution in [0.1, 0.15) is 59.3 Å². The number of hydrogen-bond donors (Lipinski definition) is 0. The van der Waals surface area contributed by atoms with Crippen LogP contribution in [-0.2, 0) is 0 Å². The molecular weight excluding hydrogens is 132 g/mol. The van der Waals surface area contributed by atoms with Gasteiger partial charge in [0.1, 0.15) is 0 Å². The number of rotatable bonds is 5. The largest absolute Gasteiger partial charge is 0.0654 e. The van der Waals surface area contributed by atoms with Gasteiger partial charge in [0.25, 0.3) is 0 Å². The molecular formula is C11H22. The van der Waals surface area contributed by atoms with E-state index in [4.69, 9.17) is 0 Å². The molecule has 11 heavy (non-hydrogen) atoms. The van der Waals surface area contributed by atoms with Crippen LogP contribution < -0.4 is 0 Å². The van der Waals surface area contributed by atoms with Crippen LogP contribution in [0.25, 0.3) is 0 Å². The summed E-state index contributed by atoms with van der Waals surface area (Å²) in [7, 11) is 0. The minimum absolute atomic E-state index is 0.818. The highest BCUT2D eigenvalue weighted by molar-refractivity contribution is 5.00. The smallest absolute Gasteiger partial charge is 0.0266 e. The van der Waals surface area contributed by atoms with Crippen LogP contribution in [0.2, 0.25) is 0 Å². The van der Waals surface area contributed by atoms with Crippen molar-refractivity contribution in [2.24, 2.45) is 11.3 Å². The van der Waals surface area contributed by atoms with Gasteiger partial charge in [0.15, 0.2) is 0 Å². The fourth-order valence-electron chi connectivity index (χ4n) is 2.74. The minimum atomic E-state index is 0.818. The molecule has 0 heteroatoms. The van der Waals surface area contributed by atoms with Gasteiger partial charge in [-0.05, 0) is 30.6 Å². The molecule has 0 spiro atoms. The van der Waals surface area contributed by atoms with Crippen LogP contribution in [-0.4, -0.2) is 0 Å². The first-order chi connectivity index (χ1) is 5.29. The predicted octanol–water partition coefficient (Wildman–Crippen LogP) is 4.00. The Kier molecular flexibility index (Phi) is 2.98. The SMILES string of the molecule is CCCC1(CCC)CC1CC. The van der Waals surface area contributed by atoms with Gasteiger partial charge in [-0.3, -0.25) is 0 Å². The second-order valence-electron chi connectivity index (χ2n) is 4.17. The second kappa shape index (κ2) is 3.60. The van der Waals surface area contributed by atoms with Crippen molar-refractivity contribution in [3.05, 3.63) is 0 Å². The molecule has 0 aliphatic heterocycles. The Hall–Kier alpha value is 0. The lowest BCUT2D eigenvalue weighted by Crippen LogP contribution is -2.02. The summed E-state index contributed by atoms with van der Waals surface area (Å²) in [4.78, 5) is 0. The Labute approximate surface area is 71.4 Å². The molecule has 66 valence electrons. The molecule has 0 bridgehead atoms. The first-order valence-corrected chi connectivity index (χ1v) is 5.29. The maximum atomic E-state index is 2.34. The maximum Gasteiger partial charge on any atom is -0.0266 e. The molecule has 1 aliphatic rings. The second-order valence-corrected chi connectivity index (χ2v) is 4.17. The summed E-state index contributed by atoms with van der Waals surface area (Å²) in [5.41, 5.74) is 0.818. The Balaban J connectivity index is 2.35. The van der Waals surface area contributed by atoms with Gasteiger partial charge >= 0.3 is 0 Å². The number of hydrogen-bond acceptors (Lipinski definition) is 0. The Morgan fingerprint density at radius 2 is 1.64 bits per heavy atom. The fourth-order valence-corrected chi connectivity index (χ4v) is 2.74. The lowest BCUT2D eigenvalue weighted by atomic mass is 9.91. The van der Waals surface area contributed by atoms with Crippen LogP contribution in [0.15, 0.2) is 0 Å². The van der Waals surface area contributed by atoms with E-state index in [0.29, 0.717) is 0 Å². The van der Waals surface area contributed by atoms with Gasteiger partial charge < -0.3 is 0 Å². The quantitative estimate of drug-likeness (QED) is 0.561. The normalized spacial score (nSPS) is 27.0. The Morgan fingerprint density at radius 1 is 1.09 bits per heavy atom. The average Bonchev–Trinajstić information content (AvgIpc) is 2.65. The van der Waals surface area contributed by atoms with Crippen LogP contribution >= 0.6 is 0 Å². The third-order valence-corrected chi connectivity index (χ3v) is 3.35. The molecule has 1 saturated carbocycles. The summed E-state index contributed by atoms with van der Waals surface area (Å²) in [6, 6.07) is 0. The van der Waals surface area contributed by atoms with Crippen molar-refractivity contribution < 1.29 is 0 Å². The summed E-state index contributed by atoms with van der Waals surface area (Å²) in [5, 5.41) is 0. The molecule has 0 saturated heterocycles. The molecule has 1 atom stereocenters. The lowest BCUT2D eigenvalue weighted by Gasteiger charge is -2.14. The lowest BCUT2D eigenvalue weighted by molar-refractivity contribution is 0.373. The van der Waals surface area contributed by atoms with E-state index in [2.05, 4.69) is 20.8 Å². The third-order valence-electron chi connectivity index (χ3n) is 3.35. The first kappa shape index (κ1) is 9.09. The summed E-state index contributed by atoms with van der Waals surface area (Å²) in [5.74, 6) is 1.09. The van der Waals surface area contributed by atoms with Gasteiger partial charge in [-0.15, -0.1) is 0 Å². The van der Waals surface area contributed by atoms with Gasteiger partial charge in [0, 0.05) is 0 Å². The molecule has 1 fully saturated rings. The molecule has 0 radical (unpaired) electrons. The molecule has 1 rings (SSSR count). The van der Waals surface area contributed by atoms with Crippen molar-refractivity contribution in [2.75, 3.05) is 0 Å². The fraction of sp³-hybridized carbons (Fsp3) is 1.00. The molecule has 0 aromatic carbocycles. The van der Waals surface area contributed by atoms with Crippen molar-refractivity contribution in [3.8, 4) is 0 Å². The van der Waals surface area contributed by atoms with Crippen molar-refractivity contribution in [2.45, 2.75) is 59.3 Å². The van der Waals surface area contributed by atoms with Crippen molar-refractivity contribution in [3.63, 3.8) is 0 Å². The van der Waals surface area contributed by atoms with Gasteiger partial charge in [0.05, 0.1) is 0 Å². The van der Waals surface area contributed by atoms with Gasteiger partial charge in [0.2, 0.25) is 0 Å². The van der Waals surface area contributed by atoms with Gasteiger partial charge in [-0.1, -0.05) is 40.0 Å². The van der Waals surface area contributed by atoms with Gasteiger partial charge in [-0.2, -0.15) is 0 Å². The van der Waals surface area contributed by atoms with E-state index in [9.17, 15) is 0 Å². The van der Waals surface area contributed by atoms with Crippen molar-refractivity contribution >= 4 is 0 Å². The van der Waals surface area contributed by atoms with Crippen LogP contribution in [0.5, 0.6) is 0 Å². The first-order valence-electron chi connectivity index (χ1n) is 5.29. The molecule has 0 N–H and O–H groups in total. The molecule has 0 aromatic heterocycles. The summed E-state index contributed by atoms with van der Waals surface area (Å²) >= 11 is 0. The van der Waals surface area contributed by atoms with Crippen molar-refractivity contribution in [1.29, 1.82) is 0 Å². The van der Waals surface area contributed by atoms with Crippen LogP contribution in [0.4, 0.5) is 0 Å². The highest BCUT2D eigenvalue weighted by Gasteiger charge is 2.50. The average molecular weight is 154 g/mol. The standard InChI is InChI=1S/C11H22/c1-4-7-11(8-5-2)9-10(11)6-3/h10H,4-9H2,1-3H3. The molecule has 1 unspecified atom stereocenters. The highest BCUT2D eigenvalue weighted by Crippen LogP contribution is 2.60. The van der Waals surface area contributed by atoms with Crippen LogP contribution in [0, 0.1) is 11.3 Å². The Bertz CT molecular complexity index is 109. The third kappa shape index (κ3) is 1.77. The van der Waals surface area contributed by atoms with E-state index >= 15 is 0 Å². The van der Waals surface area contributed by atoms with E-state index < -0.39 is 0 Å². The topological polar surface area (TPSA) is 0 Å². The van der Waals surface area contributed by atoms with E-state index in [1.54, 1.807) is 0 Å². The highest BCUT2D eigenvalue weighted by atomic mass is 14.5. The molecule has 0 amide bonds. The molecule has 1 aliphatic carbocycles. The van der Waals surface area contributed by atoms with Gasteiger partial charge in [-0.25, -0.2) is 0 Å². The zero-order chi connectivity index (χ0) is 8.32. The minimum Gasteiger partial charge on any atom is -0.0654 e. The van der Waals surface area contributed by atoms with E-state index in [-0.39, 0.29) is 0 Å². The van der Waals surface area contributed by atoms with E-state index in [0.717, 1.165) is 11.3 Å². The molecule has 0 aromatic rings. The monoisotopic (exact) mass is 154 g/mol. The molecule has 0 heterocycles. The van der Waals surface area contributed by atoms with E-state index in [1.165, 1.54) is 38.5 Å². The van der Waals surface area contributed by atoms with Crippen LogP contribution in [0.3, 0.4) is 0 Å². The zero-order valence-electron chi connectivity index (χ0n) is 8.32.